The first kappa shape index (κ1) is 20.8. The van der Waals surface area contributed by atoms with E-state index in [9.17, 15) is 13.9 Å². The Balaban J connectivity index is 1.80. The average molecular weight is 388 g/mol. The Morgan fingerprint density at radius 3 is 2.14 bits per heavy atom. The fourth-order valence-corrected chi connectivity index (χ4v) is 4.39. The lowest BCUT2D eigenvalue weighted by molar-refractivity contribution is -0.0368. The van der Waals surface area contributed by atoms with Gasteiger partial charge in [-0.1, -0.05) is 44.5 Å². The summed E-state index contributed by atoms with van der Waals surface area (Å²) in [4.78, 5) is 0. The van der Waals surface area contributed by atoms with Crippen molar-refractivity contribution in [2.75, 3.05) is 6.61 Å². The number of benzene rings is 2. The van der Waals surface area contributed by atoms with Crippen LogP contribution in [0.2, 0.25) is 0 Å². The molecule has 1 aliphatic rings. The molecule has 28 heavy (non-hydrogen) atoms. The first-order valence-corrected chi connectivity index (χ1v) is 10.3. The monoisotopic (exact) mass is 388 g/mol. The maximum absolute atomic E-state index is 14.5. The Morgan fingerprint density at radius 2 is 1.57 bits per heavy atom. The molecule has 0 atom stereocenters. The van der Waals surface area contributed by atoms with Gasteiger partial charge in [0.1, 0.15) is 0 Å². The van der Waals surface area contributed by atoms with Gasteiger partial charge >= 0.3 is 0 Å². The van der Waals surface area contributed by atoms with E-state index in [1.807, 2.05) is 12.1 Å². The zero-order chi connectivity index (χ0) is 20.4. The largest absolute Gasteiger partial charge is 0.491 e. The summed E-state index contributed by atoms with van der Waals surface area (Å²) in [5, 5.41) is 11.1. The molecule has 0 spiro atoms. The Morgan fingerprint density at radius 1 is 0.929 bits per heavy atom. The number of ether oxygens (including phenoxy) is 1. The van der Waals surface area contributed by atoms with Crippen molar-refractivity contribution in [3.63, 3.8) is 0 Å². The summed E-state index contributed by atoms with van der Waals surface area (Å²) in [6.45, 7) is 6.52. The molecule has 152 valence electrons. The first-order valence-electron chi connectivity index (χ1n) is 10.3. The lowest BCUT2D eigenvalue weighted by Gasteiger charge is -2.42. The van der Waals surface area contributed by atoms with E-state index in [-0.39, 0.29) is 17.9 Å². The summed E-state index contributed by atoms with van der Waals surface area (Å²) >= 11 is 0. The first-order chi connectivity index (χ1) is 13.3. The van der Waals surface area contributed by atoms with Gasteiger partial charge in [-0.25, -0.2) is 4.39 Å². The Labute approximate surface area is 166 Å². The van der Waals surface area contributed by atoms with Crippen molar-refractivity contribution >= 4 is 0 Å². The maximum atomic E-state index is 14.5. The smallest absolute Gasteiger partial charge is 0.201 e. The highest BCUT2D eigenvalue weighted by Gasteiger charge is 2.39. The molecule has 1 aliphatic carbocycles. The second-order valence-electron chi connectivity index (χ2n) is 8.34. The van der Waals surface area contributed by atoms with Gasteiger partial charge in [-0.2, -0.15) is 4.39 Å². The predicted molar refractivity (Wildman–Crippen MR) is 108 cm³/mol. The minimum Gasteiger partial charge on any atom is -0.491 e. The standard InChI is InChI=1S/C24H30F2O2/c1-4-12-23(3)13-15-24(27,16-14-23)18-8-6-17(7-9-18)19-10-11-20(28-5-2)22(26)21(19)25/h6-11,27H,4-5,12-16H2,1-3H3. The molecular weight excluding hydrogens is 358 g/mol. The van der Waals surface area contributed by atoms with E-state index in [2.05, 4.69) is 13.8 Å². The third-order valence-electron chi connectivity index (χ3n) is 6.22. The second-order valence-corrected chi connectivity index (χ2v) is 8.34. The van der Waals surface area contributed by atoms with E-state index < -0.39 is 17.2 Å². The normalized spacial score (nSPS) is 24.9. The van der Waals surface area contributed by atoms with Crippen molar-refractivity contribution in [2.24, 2.45) is 5.41 Å². The molecule has 0 amide bonds. The van der Waals surface area contributed by atoms with Crippen LogP contribution in [0, 0.1) is 17.0 Å². The number of halogens is 2. The molecule has 2 aromatic carbocycles. The average Bonchev–Trinajstić information content (AvgIpc) is 2.69. The van der Waals surface area contributed by atoms with Gasteiger partial charge in [0.05, 0.1) is 12.2 Å². The topological polar surface area (TPSA) is 29.5 Å². The highest BCUT2D eigenvalue weighted by Crippen LogP contribution is 2.47. The molecule has 1 N–H and O–H groups in total. The zero-order valence-corrected chi connectivity index (χ0v) is 17.0. The van der Waals surface area contributed by atoms with Gasteiger partial charge < -0.3 is 9.84 Å². The van der Waals surface area contributed by atoms with Gasteiger partial charge in [0.25, 0.3) is 0 Å². The zero-order valence-electron chi connectivity index (χ0n) is 17.0. The van der Waals surface area contributed by atoms with Crippen LogP contribution in [0.3, 0.4) is 0 Å². The highest BCUT2D eigenvalue weighted by atomic mass is 19.2. The summed E-state index contributed by atoms with van der Waals surface area (Å²) in [6.07, 6.45) is 5.80. The van der Waals surface area contributed by atoms with Gasteiger partial charge in [0.2, 0.25) is 5.82 Å². The number of aliphatic hydroxyl groups is 1. The molecule has 1 fully saturated rings. The number of hydrogen-bond donors (Lipinski definition) is 1. The maximum Gasteiger partial charge on any atom is 0.201 e. The molecule has 2 nitrogen and oxygen atoms in total. The van der Waals surface area contributed by atoms with Gasteiger partial charge in [-0.15, -0.1) is 0 Å². The SMILES string of the molecule is CCCC1(C)CCC(O)(c2ccc(-c3ccc(OCC)c(F)c3F)cc2)CC1. The predicted octanol–water partition coefficient (Wildman–Crippen LogP) is 6.60. The minimum atomic E-state index is -0.968. The van der Waals surface area contributed by atoms with Gasteiger partial charge in [-0.3, -0.25) is 0 Å². The van der Waals surface area contributed by atoms with E-state index in [0.717, 1.165) is 37.7 Å². The molecule has 0 radical (unpaired) electrons. The molecule has 4 heteroatoms. The highest BCUT2D eigenvalue weighted by molar-refractivity contribution is 5.65. The fourth-order valence-electron chi connectivity index (χ4n) is 4.39. The molecule has 0 bridgehead atoms. The van der Waals surface area contributed by atoms with Crippen molar-refractivity contribution in [2.45, 2.75) is 64.9 Å². The third kappa shape index (κ3) is 4.07. The summed E-state index contributed by atoms with van der Waals surface area (Å²) in [6, 6.07) is 10.2. The summed E-state index contributed by atoms with van der Waals surface area (Å²) in [7, 11) is 0. The molecule has 0 saturated heterocycles. The van der Waals surface area contributed by atoms with E-state index in [0.29, 0.717) is 11.0 Å². The van der Waals surface area contributed by atoms with E-state index in [4.69, 9.17) is 4.74 Å². The lowest BCUT2D eigenvalue weighted by Crippen LogP contribution is -2.35. The van der Waals surface area contributed by atoms with E-state index in [1.54, 1.807) is 19.1 Å². The van der Waals surface area contributed by atoms with E-state index in [1.165, 1.54) is 18.6 Å². The molecule has 0 heterocycles. The van der Waals surface area contributed by atoms with Crippen LogP contribution < -0.4 is 4.74 Å². The van der Waals surface area contributed by atoms with Crippen molar-refractivity contribution in [3.05, 3.63) is 53.6 Å². The summed E-state index contributed by atoms with van der Waals surface area (Å²) < 4.78 is 33.7. The molecular formula is C24H30F2O2. The molecule has 0 unspecified atom stereocenters. The molecule has 2 aromatic rings. The summed E-state index contributed by atoms with van der Waals surface area (Å²) in [5.41, 5.74) is 1.09. The van der Waals surface area contributed by atoms with Crippen LogP contribution in [-0.4, -0.2) is 11.7 Å². The fraction of sp³-hybridized carbons (Fsp3) is 0.500. The van der Waals surface area contributed by atoms with Crippen LogP contribution >= 0.6 is 0 Å². The summed E-state index contributed by atoms with van der Waals surface area (Å²) in [5.74, 6) is -1.96. The van der Waals surface area contributed by atoms with Crippen molar-refractivity contribution in [3.8, 4) is 16.9 Å². The van der Waals surface area contributed by atoms with Crippen LogP contribution in [0.4, 0.5) is 8.78 Å². The number of rotatable bonds is 6. The quantitative estimate of drug-likeness (QED) is 0.604. The van der Waals surface area contributed by atoms with E-state index >= 15 is 0 Å². The van der Waals surface area contributed by atoms with Gasteiger partial charge in [0, 0.05) is 5.56 Å². The van der Waals surface area contributed by atoms with Gasteiger partial charge in [0.15, 0.2) is 11.6 Å². The molecule has 1 saturated carbocycles. The van der Waals surface area contributed by atoms with Crippen LogP contribution in [0.1, 0.15) is 64.9 Å². The Hall–Kier alpha value is -1.94. The Kier molecular flexibility index (Phi) is 6.09. The third-order valence-corrected chi connectivity index (χ3v) is 6.22. The van der Waals surface area contributed by atoms with Gasteiger partial charge in [-0.05, 0) is 67.7 Å². The lowest BCUT2D eigenvalue weighted by atomic mass is 9.66. The molecule has 3 rings (SSSR count). The van der Waals surface area contributed by atoms with Crippen molar-refractivity contribution in [1.82, 2.24) is 0 Å². The second kappa shape index (κ2) is 8.20. The minimum absolute atomic E-state index is 0.0768. The molecule has 0 aromatic heterocycles. The van der Waals surface area contributed by atoms with Crippen LogP contribution in [0.15, 0.2) is 36.4 Å². The molecule has 0 aliphatic heterocycles. The number of hydrogen-bond acceptors (Lipinski definition) is 2. The van der Waals surface area contributed by atoms with Crippen molar-refractivity contribution in [1.29, 1.82) is 0 Å². The van der Waals surface area contributed by atoms with Crippen LogP contribution in [-0.2, 0) is 5.60 Å². The van der Waals surface area contributed by atoms with Crippen molar-refractivity contribution < 1.29 is 18.6 Å². The van der Waals surface area contributed by atoms with Crippen LogP contribution in [0.5, 0.6) is 5.75 Å². The Bertz CT molecular complexity index is 806. The van der Waals surface area contributed by atoms with Crippen LogP contribution in [0.25, 0.3) is 11.1 Å².